The highest BCUT2D eigenvalue weighted by molar-refractivity contribution is 7.99. The number of para-hydroxylation sites is 1. The number of carbonyl (C=O) groups excluding carboxylic acids is 2. The number of H-pyrrole nitrogens is 1. The number of aromatic amines is 1. The summed E-state index contributed by atoms with van der Waals surface area (Å²) in [4.78, 5) is 29.9. The molecule has 2 aliphatic rings. The lowest BCUT2D eigenvalue weighted by molar-refractivity contribution is -0.131. The number of benzene rings is 1. The summed E-state index contributed by atoms with van der Waals surface area (Å²) in [6.07, 6.45) is 2.54. The molecule has 1 aromatic heterocycles. The summed E-state index contributed by atoms with van der Waals surface area (Å²) in [6.45, 7) is 2.21. The Morgan fingerprint density at radius 3 is 3.04 bits per heavy atom. The van der Waals surface area contributed by atoms with Gasteiger partial charge in [-0.25, -0.2) is 0 Å². The Bertz CT molecular complexity index is 784. The molecule has 132 valence electrons. The number of aromatic nitrogens is 1. The third kappa shape index (κ3) is 3.39. The summed E-state index contributed by atoms with van der Waals surface area (Å²) in [7, 11) is 0. The summed E-state index contributed by atoms with van der Waals surface area (Å²) in [5.41, 5.74) is 1.63. The monoisotopic (exact) mass is 358 g/mol. The lowest BCUT2D eigenvalue weighted by Crippen LogP contribution is -2.42. The van der Waals surface area contributed by atoms with E-state index in [1.807, 2.05) is 29.2 Å². The van der Waals surface area contributed by atoms with Crippen molar-refractivity contribution in [2.24, 2.45) is 5.92 Å². The number of amides is 2. The first kappa shape index (κ1) is 16.5. The van der Waals surface area contributed by atoms with Crippen LogP contribution in [0, 0.1) is 5.92 Å². The second-order valence-electron chi connectivity index (χ2n) is 6.66. The number of hydrogen-bond donors (Lipinski definition) is 3. The maximum absolute atomic E-state index is 12.5. The molecule has 0 spiro atoms. The molecular formula is C18H22N4O2S. The number of rotatable bonds is 4. The first-order chi connectivity index (χ1) is 12.2. The predicted molar refractivity (Wildman–Crippen MR) is 99.6 cm³/mol. The van der Waals surface area contributed by atoms with Gasteiger partial charge in [0.25, 0.3) is 5.91 Å². The minimum atomic E-state index is -0.103. The van der Waals surface area contributed by atoms with Crippen LogP contribution in [0.1, 0.15) is 16.8 Å². The van der Waals surface area contributed by atoms with Gasteiger partial charge in [-0.05, 0) is 18.4 Å². The molecule has 3 heterocycles. The molecule has 1 aromatic carbocycles. The molecule has 2 saturated heterocycles. The van der Waals surface area contributed by atoms with E-state index in [9.17, 15) is 9.59 Å². The standard InChI is InChI=1S/C18H22N4O2S/c23-17(14-10-20-15-4-2-1-3-13(14)15)21-9-12-7-16(19-8-12)18(24)22-5-6-25-11-22/h1-4,10,12,16,19-20H,5-9,11H2,(H,21,23)/t12-,16-/m0/s1. The maximum atomic E-state index is 12.5. The average Bonchev–Trinajstić information content (AvgIpc) is 3.39. The molecule has 0 radical (unpaired) electrons. The molecule has 3 N–H and O–H groups in total. The van der Waals surface area contributed by atoms with E-state index < -0.39 is 0 Å². The van der Waals surface area contributed by atoms with E-state index in [2.05, 4.69) is 15.6 Å². The lowest BCUT2D eigenvalue weighted by Gasteiger charge is -2.19. The van der Waals surface area contributed by atoms with Gasteiger partial charge >= 0.3 is 0 Å². The van der Waals surface area contributed by atoms with E-state index in [0.29, 0.717) is 18.0 Å². The molecular weight excluding hydrogens is 336 g/mol. The van der Waals surface area contributed by atoms with Crippen molar-refractivity contribution in [1.29, 1.82) is 0 Å². The van der Waals surface area contributed by atoms with Crippen molar-refractivity contribution in [1.82, 2.24) is 20.5 Å². The van der Waals surface area contributed by atoms with E-state index >= 15 is 0 Å². The van der Waals surface area contributed by atoms with Crippen LogP contribution >= 0.6 is 11.8 Å². The van der Waals surface area contributed by atoms with Crippen molar-refractivity contribution in [2.75, 3.05) is 31.3 Å². The van der Waals surface area contributed by atoms with Crippen molar-refractivity contribution in [3.8, 4) is 0 Å². The second-order valence-corrected chi connectivity index (χ2v) is 7.73. The molecule has 6 nitrogen and oxygen atoms in total. The van der Waals surface area contributed by atoms with Crippen molar-refractivity contribution >= 4 is 34.5 Å². The van der Waals surface area contributed by atoms with Crippen molar-refractivity contribution in [2.45, 2.75) is 12.5 Å². The topological polar surface area (TPSA) is 77.2 Å². The van der Waals surface area contributed by atoms with E-state index in [0.717, 1.165) is 42.0 Å². The fourth-order valence-electron chi connectivity index (χ4n) is 3.55. The van der Waals surface area contributed by atoms with Gasteiger partial charge in [-0.2, -0.15) is 0 Å². The quantitative estimate of drug-likeness (QED) is 0.772. The van der Waals surface area contributed by atoms with E-state index in [4.69, 9.17) is 0 Å². The van der Waals surface area contributed by atoms with Crippen LogP contribution in [0.5, 0.6) is 0 Å². The van der Waals surface area contributed by atoms with Gasteiger partial charge in [0.05, 0.1) is 17.5 Å². The number of nitrogens with one attached hydrogen (secondary N) is 3. The number of nitrogens with zero attached hydrogens (tertiary/aromatic N) is 1. The fourth-order valence-corrected chi connectivity index (χ4v) is 4.51. The SMILES string of the molecule is O=C(NC[C@@H]1CN[C@H](C(=O)N2CCSC2)C1)c1c[nH]c2ccccc12. The Balaban J connectivity index is 1.31. The van der Waals surface area contributed by atoms with Crippen LogP contribution in [-0.4, -0.2) is 59.0 Å². The number of thioether (sulfide) groups is 1. The van der Waals surface area contributed by atoms with Crippen LogP contribution < -0.4 is 10.6 Å². The predicted octanol–water partition coefficient (Wildman–Crippen LogP) is 1.41. The highest BCUT2D eigenvalue weighted by Crippen LogP contribution is 2.21. The molecule has 2 atom stereocenters. The van der Waals surface area contributed by atoms with Crippen LogP contribution in [0.3, 0.4) is 0 Å². The molecule has 0 unspecified atom stereocenters. The highest BCUT2D eigenvalue weighted by atomic mass is 32.2. The Morgan fingerprint density at radius 2 is 2.20 bits per heavy atom. The smallest absolute Gasteiger partial charge is 0.253 e. The Labute approximate surface area is 150 Å². The molecule has 0 bridgehead atoms. The van der Waals surface area contributed by atoms with Gasteiger partial charge in [-0.15, -0.1) is 11.8 Å². The molecule has 2 aliphatic heterocycles. The summed E-state index contributed by atoms with van der Waals surface area (Å²) in [6, 6.07) is 7.68. The first-order valence-corrected chi connectivity index (χ1v) is 9.82. The Hall–Kier alpha value is -1.99. The van der Waals surface area contributed by atoms with Crippen LogP contribution in [0.2, 0.25) is 0 Å². The zero-order chi connectivity index (χ0) is 17.2. The average molecular weight is 358 g/mol. The minimum absolute atomic E-state index is 0.0665. The van der Waals surface area contributed by atoms with Crippen LogP contribution in [0.25, 0.3) is 10.9 Å². The summed E-state index contributed by atoms with van der Waals surface area (Å²) < 4.78 is 0. The van der Waals surface area contributed by atoms with Gasteiger partial charge in [0.2, 0.25) is 5.91 Å². The first-order valence-electron chi connectivity index (χ1n) is 8.66. The summed E-state index contributed by atoms with van der Waals surface area (Å²) in [5, 5.41) is 7.27. The second kappa shape index (κ2) is 7.09. The van der Waals surface area contributed by atoms with Crippen LogP contribution in [0.15, 0.2) is 30.5 Å². The van der Waals surface area contributed by atoms with Crippen molar-refractivity contribution in [3.05, 3.63) is 36.0 Å². The van der Waals surface area contributed by atoms with Gasteiger partial charge in [0.15, 0.2) is 0 Å². The van der Waals surface area contributed by atoms with Gasteiger partial charge < -0.3 is 20.5 Å². The van der Waals surface area contributed by atoms with Crippen LogP contribution in [0.4, 0.5) is 0 Å². The zero-order valence-electron chi connectivity index (χ0n) is 14.0. The normalized spacial score (nSPS) is 23.3. The van der Waals surface area contributed by atoms with Gasteiger partial charge in [0, 0.05) is 42.5 Å². The van der Waals surface area contributed by atoms with E-state index in [1.54, 1.807) is 18.0 Å². The fraction of sp³-hybridized carbons (Fsp3) is 0.444. The summed E-state index contributed by atoms with van der Waals surface area (Å²) in [5.74, 6) is 2.26. The molecule has 2 amide bonds. The van der Waals surface area contributed by atoms with Crippen molar-refractivity contribution < 1.29 is 9.59 Å². The highest BCUT2D eigenvalue weighted by Gasteiger charge is 2.33. The van der Waals surface area contributed by atoms with Gasteiger partial charge in [0.1, 0.15) is 0 Å². The van der Waals surface area contributed by atoms with Gasteiger partial charge in [-0.3, -0.25) is 9.59 Å². The number of carbonyl (C=O) groups is 2. The number of hydrogen-bond acceptors (Lipinski definition) is 4. The molecule has 4 rings (SSSR count). The van der Waals surface area contributed by atoms with Crippen molar-refractivity contribution in [3.63, 3.8) is 0 Å². The molecule has 2 aromatic rings. The molecule has 7 heteroatoms. The van der Waals surface area contributed by atoms with E-state index in [1.165, 1.54) is 0 Å². The number of fused-ring (bicyclic) bond motifs is 1. The largest absolute Gasteiger partial charge is 0.360 e. The lowest BCUT2D eigenvalue weighted by atomic mass is 10.0. The Morgan fingerprint density at radius 1 is 1.32 bits per heavy atom. The molecule has 0 aliphatic carbocycles. The van der Waals surface area contributed by atoms with E-state index in [-0.39, 0.29) is 17.9 Å². The summed E-state index contributed by atoms with van der Waals surface area (Å²) >= 11 is 1.80. The third-order valence-corrected chi connectivity index (χ3v) is 5.94. The Kier molecular flexibility index (Phi) is 4.67. The minimum Gasteiger partial charge on any atom is -0.360 e. The van der Waals surface area contributed by atoms with Gasteiger partial charge in [-0.1, -0.05) is 18.2 Å². The third-order valence-electron chi connectivity index (χ3n) is 4.97. The molecule has 25 heavy (non-hydrogen) atoms. The maximum Gasteiger partial charge on any atom is 0.253 e. The molecule has 2 fully saturated rings. The molecule has 0 saturated carbocycles. The van der Waals surface area contributed by atoms with Crippen LogP contribution in [-0.2, 0) is 4.79 Å². The zero-order valence-corrected chi connectivity index (χ0v) is 14.8.